The summed E-state index contributed by atoms with van der Waals surface area (Å²) in [5.41, 5.74) is 9.03. The van der Waals surface area contributed by atoms with Crippen molar-refractivity contribution in [3.63, 3.8) is 0 Å². The number of anilines is 1. The van der Waals surface area contributed by atoms with Crippen molar-refractivity contribution in [1.29, 1.82) is 0 Å². The number of carbonyl (C=O) groups is 2. The van der Waals surface area contributed by atoms with Gasteiger partial charge in [-0.15, -0.1) is 0 Å². The smallest absolute Gasteiger partial charge is 0.237 e. The normalized spacial score (nSPS) is 14.9. The Hall–Kier alpha value is -2.93. The number of hydrogen-bond acceptors (Lipinski definition) is 4. The predicted molar refractivity (Wildman–Crippen MR) is 140 cm³/mol. The van der Waals surface area contributed by atoms with Crippen LogP contribution in [0.3, 0.4) is 0 Å². The molecular weight excluding hydrogens is 428 g/mol. The van der Waals surface area contributed by atoms with Crippen molar-refractivity contribution in [3.05, 3.63) is 34.5 Å². The van der Waals surface area contributed by atoms with E-state index in [4.69, 9.17) is 4.79 Å². The summed E-state index contributed by atoms with van der Waals surface area (Å²) in [6.45, 7) is 15.0. The van der Waals surface area contributed by atoms with E-state index < -0.39 is 5.41 Å². The minimum atomic E-state index is -0.477. The van der Waals surface area contributed by atoms with E-state index in [1.807, 2.05) is 46.3 Å². The molecule has 0 saturated carbocycles. The van der Waals surface area contributed by atoms with Gasteiger partial charge in [-0.05, 0) is 69.7 Å². The van der Waals surface area contributed by atoms with Gasteiger partial charge in [-0.25, -0.2) is 0 Å². The van der Waals surface area contributed by atoms with E-state index in [0.717, 1.165) is 53.8 Å². The summed E-state index contributed by atoms with van der Waals surface area (Å²) in [4.78, 5) is 26.4. The molecule has 1 amide bonds. The number of nitrogens with one attached hydrogen (secondary N) is 2. The molecule has 2 N–H and O–H groups in total. The van der Waals surface area contributed by atoms with E-state index >= 15 is 0 Å². The van der Waals surface area contributed by atoms with Crippen molar-refractivity contribution in [2.24, 2.45) is 0 Å². The molecule has 2 aromatic heterocycles. The van der Waals surface area contributed by atoms with Crippen molar-refractivity contribution in [1.82, 2.24) is 15.2 Å². The van der Waals surface area contributed by atoms with Crippen LogP contribution >= 0.6 is 0 Å². The number of ether oxygens (including phenoxy) is 1. The van der Waals surface area contributed by atoms with Gasteiger partial charge in [0.25, 0.3) is 0 Å². The Morgan fingerprint density at radius 2 is 1.74 bits per heavy atom. The fraction of sp³-hybridized carbons (Fsp3) is 0.519. The van der Waals surface area contributed by atoms with Crippen LogP contribution < -0.4 is 4.90 Å². The van der Waals surface area contributed by atoms with Crippen LogP contribution in [0.5, 0.6) is 0 Å². The van der Waals surface area contributed by atoms with Gasteiger partial charge in [-0.3, -0.25) is 9.89 Å². The lowest BCUT2D eigenvalue weighted by Gasteiger charge is -2.18. The molecule has 0 radical (unpaired) electrons. The number of likely N-dealkylation sites (N-methyl/N-ethyl adjacent to an activating group) is 1. The number of aromatic nitrogens is 3. The summed E-state index contributed by atoms with van der Waals surface area (Å²) in [6, 6.07) is 4.43. The van der Waals surface area contributed by atoms with E-state index in [2.05, 4.69) is 39.0 Å². The van der Waals surface area contributed by atoms with Gasteiger partial charge < -0.3 is 19.4 Å². The van der Waals surface area contributed by atoms with E-state index in [1.165, 1.54) is 22.2 Å². The zero-order valence-electron chi connectivity index (χ0n) is 22.0. The van der Waals surface area contributed by atoms with Crippen LogP contribution in [0.15, 0.2) is 12.1 Å². The first-order valence-electron chi connectivity index (χ1n) is 12.1. The van der Waals surface area contributed by atoms with Crippen molar-refractivity contribution < 1.29 is 14.3 Å². The molecule has 1 aliphatic heterocycles. The maximum atomic E-state index is 12.9. The number of fused-ring (bicyclic) bond motifs is 6. The van der Waals surface area contributed by atoms with Crippen LogP contribution in [-0.2, 0) is 39.0 Å². The summed E-state index contributed by atoms with van der Waals surface area (Å²) in [5, 5.41) is 9.13. The second-order valence-corrected chi connectivity index (χ2v) is 8.71. The molecule has 1 aromatic carbocycles. The number of aromatic amines is 2. The van der Waals surface area contributed by atoms with Gasteiger partial charge in [0, 0.05) is 48.6 Å². The Kier molecular flexibility index (Phi) is 9.21. The Labute approximate surface area is 203 Å². The van der Waals surface area contributed by atoms with Crippen molar-refractivity contribution >= 4 is 29.3 Å². The fourth-order valence-electron chi connectivity index (χ4n) is 4.96. The molecule has 0 spiro atoms. The topological polar surface area (TPSA) is 91.1 Å². The Balaban J connectivity index is 0.000000531. The first kappa shape index (κ1) is 27.3. The van der Waals surface area contributed by atoms with Crippen LogP contribution in [0.4, 0.5) is 5.69 Å². The van der Waals surface area contributed by atoms with Crippen molar-refractivity contribution in [3.8, 4) is 11.4 Å². The van der Waals surface area contributed by atoms with E-state index in [9.17, 15) is 4.79 Å². The van der Waals surface area contributed by atoms with Crippen molar-refractivity contribution in [2.75, 3.05) is 25.7 Å². The minimum absolute atomic E-state index is 0.195. The standard InChI is InChI=1S/C22H26N4O.C2H6O.C2H6.CH2O/c1-5-16-13-9-7-8-12-14-10-18-15(22(3,4)21(27)26(18)6-2)11-17(14)23-19(12)20(13)25-24-16;1-3-2;2*1-2/h10-11,23H,5-9H2,1-4H3,(H,24,25);1-2H3;1-2H3;1H2. The Morgan fingerprint density at radius 1 is 1.12 bits per heavy atom. The average Bonchev–Trinajstić information content (AvgIpc) is 3.43. The van der Waals surface area contributed by atoms with Gasteiger partial charge in [-0.1, -0.05) is 20.8 Å². The second kappa shape index (κ2) is 11.5. The number of hydrogen-bond donors (Lipinski definition) is 2. The highest BCUT2D eigenvalue weighted by Gasteiger charge is 2.43. The van der Waals surface area contributed by atoms with E-state index in [-0.39, 0.29) is 5.91 Å². The maximum Gasteiger partial charge on any atom is 0.237 e. The molecule has 0 unspecified atom stereocenters. The second-order valence-electron chi connectivity index (χ2n) is 8.71. The number of amides is 1. The van der Waals surface area contributed by atoms with Gasteiger partial charge >= 0.3 is 0 Å². The van der Waals surface area contributed by atoms with Gasteiger partial charge in [0.15, 0.2) is 0 Å². The molecule has 2 aliphatic rings. The number of aryl methyl sites for hydroxylation is 2. The third kappa shape index (κ3) is 4.41. The van der Waals surface area contributed by atoms with Gasteiger partial charge in [0.05, 0.1) is 11.1 Å². The zero-order valence-corrected chi connectivity index (χ0v) is 22.0. The lowest BCUT2D eigenvalue weighted by molar-refractivity contribution is -0.122. The molecule has 0 saturated heterocycles. The van der Waals surface area contributed by atoms with E-state index in [1.54, 1.807) is 14.2 Å². The molecule has 3 aromatic rings. The van der Waals surface area contributed by atoms with Crippen LogP contribution in [0, 0.1) is 0 Å². The van der Waals surface area contributed by atoms with Gasteiger partial charge in [0.2, 0.25) is 5.91 Å². The third-order valence-electron chi connectivity index (χ3n) is 6.48. The minimum Gasteiger partial charge on any atom is -0.388 e. The van der Waals surface area contributed by atoms with Crippen molar-refractivity contribution in [2.45, 2.75) is 72.6 Å². The van der Waals surface area contributed by atoms with Crippen LogP contribution in [0.2, 0.25) is 0 Å². The highest BCUT2D eigenvalue weighted by molar-refractivity contribution is 6.10. The number of rotatable bonds is 2. The summed E-state index contributed by atoms with van der Waals surface area (Å²) >= 11 is 0. The molecule has 7 heteroatoms. The largest absolute Gasteiger partial charge is 0.388 e. The summed E-state index contributed by atoms with van der Waals surface area (Å²) in [5.74, 6) is 0.195. The average molecular weight is 469 g/mol. The number of H-pyrrole nitrogens is 2. The van der Waals surface area contributed by atoms with Gasteiger partial charge in [-0.2, -0.15) is 5.10 Å². The highest BCUT2D eigenvalue weighted by Crippen LogP contribution is 2.46. The van der Waals surface area contributed by atoms with Gasteiger partial charge in [0.1, 0.15) is 12.5 Å². The molecule has 0 bridgehead atoms. The van der Waals surface area contributed by atoms with Crippen LogP contribution in [0.25, 0.3) is 22.3 Å². The molecule has 186 valence electrons. The highest BCUT2D eigenvalue weighted by atomic mass is 16.4. The number of methoxy groups -OCH3 is 1. The molecule has 34 heavy (non-hydrogen) atoms. The van der Waals surface area contributed by atoms with Crippen LogP contribution in [-0.4, -0.2) is 48.6 Å². The third-order valence-corrected chi connectivity index (χ3v) is 6.48. The Morgan fingerprint density at radius 3 is 2.32 bits per heavy atom. The summed E-state index contributed by atoms with van der Waals surface area (Å²) in [7, 11) is 3.25. The lowest BCUT2D eigenvalue weighted by atomic mass is 9.85. The molecule has 7 nitrogen and oxygen atoms in total. The maximum absolute atomic E-state index is 12.9. The number of nitrogens with zero attached hydrogens (tertiary/aromatic N) is 2. The summed E-state index contributed by atoms with van der Waals surface area (Å²) < 4.78 is 4.25. The quantitative estimate of drug-likeness (QED) is 0.530. The number of carbonyl (C=O) groups excluding carboxylic acids is 2. The summed E-state index contributed by atoms with van der Waals surface area (Å²) in [6.07, 6.45) is 4.21. The molecular formula is C27H40N4O3. The molecule has 5 rings (SSSR count). The first-order chi connectivity index (χ1) is 16.4. The lowest BCUT2D eigenvalue weighted by Crippen LogP contribution is -2.35. The zero-order chi connectivity index (χ0) is 25.6. The van der Waals surface area contributed by atoms with Crippen LogP contribution in [0.1, 0.15) is 70.3 Å². The molecule has 1 aliphatic carbocycles. The fourth-order valence-corrected chi connectivity index (χ4v) is 4.96. The van der Waals surface area contributed by atoms with E-state index in [0.29, 0.717) is 6.54 Å². The first-order valence-corrected chi connectivity index (χ1v) is 12.1. The SMILES string of the molecule is C=O.CC.CCc1[nH]nc2c1CCCc1c-2[nH]c2cc3c(cc12)N(CC)C(=O)C3(C)C.COC. The molecule has 3 heterocycles. The Bertz CT molecular complexity index is 1130. The monoisotopic (exact) mass is 468 g/mol. The molecule has 0 atom stereocenters. The molecule has 0 fully saturated rings. The number of benzene rings is 1. The predicted octanol–water partition coefficient (Wildman–Crippen LogP) is 5.36.